The SMILES string of the molecule is O=C([O-])CCC/C=C\CC(O)c1ccco1. The minimum Gasteiger partial charge on any atom is -0.550 e. The minimum atomic E-state index is -1.02. The molecule has 1 heterocycles. The summed E-state index contributed by atoms with van der Waals surface area (Å²) in [5.74, 6) is -0.483. The van der Waals surface area contributed by atoms with Gasteiger partial charge in [0.1, 0.15) is 11.9 Å². The summed E-state index contributed by atoms with van der Waals surface area (Å²) >= 11 is 0. The van der Waals surface area contributed by atoms with Crippen LogP contribution in [0.3, 0.4) is 0 Å². The van der Waals surface area contributed by atoms with Gasteiger partial charge in [-0.1, -0.05) is 12.2 Å². The first kappa shape index (κ1) is 12.5. The summed E-state index contributed by atoms with van der Waals surface area (Å²) in [5, 5.41) is 19.7. The monoisotopic (exact) mass is 223 g/mol. The first-order valence-corrected chi connectivity index (χ1v) is 5.26. The number of hydrogen-bond donors (Lipinski definition) is 1. The van der Waals surface area contributed by atoms with E-state index >= 15 is 0 Å². The highest BCUT2D eigenvalue weighted by Gasteiger charge is 2.06. The van der Waals surface area contributed by atoms with Crippen molar-refractivity contribution < 1.29 is 19.4 Å². The minimum absolute atomic E-state index is 0.0745. The first-order valence-electron chi connectivity index (χ1n) is 5.26. The molecule has 0 saturated heterocycles. The smallest absolute Gasteiger partial charge is 0.132 e. The number of hydrogen-bond acceptors (Lipinski definition) is 4. The number of aliphatic hydroxyl groups is 1. The highest BCUT2D eigenvalue weighted by atomic mass is 16.4. The molecule has 0 saturated carbocycles. The topological polar surface area (TPSA) is 73.5 Å². The number of aliphatic hydroxyl groups excluding tert-OH is 1. The Morgan fingerprint density at radius 2 is 2.38 bits per heavy atom. The van der Waals surface area contributed by atoms with Crippen LogP contribution >= 0.6 is 0 Å². The number of carboxylic acid groups (broad SMARTS) is 1. The van der Waals surface area contributed by atoms with Crippen LogP contribution in [0.15, 0.2) is 35.0 Å². The standard InChI is InChI=1S/C12H16O4/c13-10(11-7-5-9-16-11)6-3-1-2-4-8-12(14)15/h1,3,5,7,9-10,13H,2,4,6,8H2,(H,14,15)/p-1/b3-1-. The van der Waals surface area contributed by atoms with Crippen LogP contribution in [-0.2, 0) is 4.79 Å². The summed E-state index contributed by atoms with van der Waals surface area (Å²) in [6.07, 6.45) is 6.35. The Morgan fingerprint density at radius 1 is 1.56 bits per heavy atom. The largest absolute Gasteiger partial charge is 0.550 e. The average Bonchev–Trinajstić information content (AvgIpc) is 2.75. The lowest BCUT2D eigenvalue weighted by molar-refractivity contribution is -0.305. The molecule has 0 aliphatic carbocycles. The molecular weight excluding hydrogens is 208 g/mol. The Hall–Kier alpha value is -1.55. The van der Waals surface area contributed by atoms with Crippen LogP contribution in [-0.4, -0.2) is 11.1 Å². The van der Waals surface area contributed by atoms with E-state index in [1.54, 1.807) is 12.1 Å². The van der Waals surface area contributed by atoms with Gasteiger partial charge in [0.2, 0.25) is 0 Å². The summed E-state index contributed by atoms with van der Waals surface area (Å²) < 4.78 is 5.04. The van der Waals surface area contributed by atoms with Gasteiger partial charge >= 0.3 is 0 Å². The third-order valence-corrected chi connectivity index (χ3v) is 2.15. The molecule has 0 fully saturated rings. The van der Waals surface area contributed by atoms with Crippen molar-refractivity contribution in [2.75, 3.05) is 0 Å². The predicted octanol–water partition coefficient (Wildman–Crippen LogP) is 1.18. The van der Waals surface area contributed by atoms with Crippen molar-refractivity contribution in [2.45, 2.75) is 31.8 Å². The van der Waals surface area contributed by atoms with Crippen molar-refractivity contribution in [3.8, 4) is 0 Å². The normalized spacial score (nSPS) is 13.1. The van der Waals surface area contributed by atoms with E-state index in [1.165, 1.54) is 6.26 Å². The molecule has 0 aromatic carbocycles. The Balaban J connectivity index is 2.14. The van der Waals surface area contributed by atoms with Crippen molar-refractivity contribution in [3.63, 3.8) is 0 Å². The van der Waals surface area contributed by atoms with Gasteiger partial charge in [0, 0.05) is 5.97 Å². The third kappa shape index (κ3) is 4.79. The maximum atomic E-state index is 10.1. The van der Waals surface area contributed by atoms with E-state index in [9.17, 15) is 15.0 Å². The van der Waals surface area contributed by atoms with Crippen LogP contribution < -0.4 is 5.11 Å². The lowest BCUT2D eigenvalue weighted by atomic mass is 10.1. The molecule has 1 aromatic heterocycles. The second kappa shape index (κ2) is 6.85. The number of allylic oxidation sites excluding steroid dienone is 1. The molecule has 0 aliphatic heterocycles. The molecule has 0 aliphatic rings. The molecule has 0 spiro atoms. The van der Waals surface area contributed by atoms with Gasteiger partial charge in [-0.25, -0.2) is 0 Å². The lowest BCUT2D eigenvalue weighted by Crippen LogP contribution is -2.21. The molecule has 1 unspecified atom stereocenters. The van der Waals surface area contributed by atoms with Gasteiger partial charge in [-0.3, -0.25) is 0 Å². The molecule has 0 bridgehead atoms. The second-order valence-electron chi connectivity index (χ2n) is 3.50. The number of aliphatic carboxylic acids is 1. The first-order chi connectivity index (χ1) is 7.70. The number of carboxylic acids is 1. The van der Waals surface area contributed by atoms with Gasteiger partial charge in [-0.2, -0.15) is 0 Å². The van der Waals surface area contributed by atoms with Gasteiger partial charge < -0.3 is 19.4 Å². The molecule has 4 nitrogen and oxygen atoms in total. The van der Waals surface area contributed by atoms with Crippen molar-refractivity contribution in [1.82, 2.24) is 0 Å². The molecule has 1 rings (SSSR count). The quantitative estimate of drug-likeness (QED) is 0.556. The zero-order valence-corrected chi connectivity index (χ0v) is 8.96. The van der Waals surface area contributed by atoms with E-state index in [4.69, 9.17) is 4.42 Å². The van der Waals surface area contributed by atoms with Crippen LogP contribution in [0.5, 0.6) is 0 Å². The van der Waals surface area contributed by atoms with Crippen LogP contribution in [0, 0.1) is 0 Å². The Kier molecular flexibility index (Phi) is 5.36. The summed E-state index contributed by atoms with van der Waals surface area (Å²) in [7, 11) is 0. The van der Waals surface area contributed by atoms with E-state index in [0.29, 0.717) is 25.0 Å². The molecule has 1 aromatic rings. The predicted molar refractivity (Wildman–Crippen MR) is 56.3 cm³/mol. The van der Waals surface area contributed by atoms with E-state index in [2.05, 4.69) is 0 Å². The molecular formula is C12H15O4-. The van der Waals surface area contributed by atoms with Crippen LogP contribution in [0.25, 0.3) is 0 Å². The molecule has 0 amide bonds. The Morgan fingerprint density at radius 3 is 3.00 bits per heavy atom. The fourth-order valence-electron chi connectivity index (χ4n) is 1.30. The van der Waals surface area contributed by atoms with Crippen LogP contribution in [0.2, 0.25) is 0 Å². The third-order valence-electron chi connectivity index (χ3n) is 2.15. The summed E-state index contributed by atoms with van der Waals surface area (Å²) in [4.78, 5) is 10.1. The maximum Gasteiger partial charge on any atom is 0.132 e. The fraction of sp³-hybridized carbons (Fsp3) is 0.417. The van der Waals surface area contributed by atoms with Crippen LogP contribution in [0.4, 0.5) is 0 Å². The molecule has 16 heavy (non-hydrogen) atoms. The zero-order chi connectivity index (χ0) is 11.8. The van der Waals surface area contributed by atoms with Gasteiger partial charge in [0.25, 0.3) is 0 Å². The fourth-order valence-corrected chi connectivity index (χ4v) is 1.30. The Labute approximate surface area is 94.2 Å². The summed E-state index contributed by atoms with van der Waals surface area (Å²) in [6.45, 7) is 0. The lowest BCUT2D eigenvalue weighted by Gasteiger charge is -2.03. The highest BCUT2D eigenvalue weighted by Crippen LogP contribution is 2.17. The number of rotatable bonds is 7. The van der Waals surface area contributed by atoms with E-state index in [0.717, 1.165) is 0 Å². The van der Waals surface area contributed by atoms with Gasteiger partial charge in [0.15, 0.2) is 0 Å². The van der Waals surface area contributed by atoms with Gasteiger partial charge in [-0.05, 0) is 37.8 Å². The summed E-state index contributed by atoms with van der Waals surface area (Å²) in [5.41, 5.74) is 0. The second-order valence-corrected chi connectivity index (χ2v) is 3.50. The molecule has 1 N–H and O–H groups in total. The molecule has 0 radical (unpaired) electrons. The van der Waals surface area contributed by atoms with E-state index < -0.39 is 12.1 Å². The molecule has 4 heteroatoms. The summed E-state index contributed by atoms with van der Waals surface area (Å²) in [6, 6.07) is 3.44. The van der Waals surface area contributed by atoms with E-state index in [1.807, 2.05) is 12.2 Å². The number of furan rings is 1. The average molecular weight is 223 g/mol. The van der Waals surface area contributed by atoms with Gasteiger partial charge in [0.05, 0.1) is 6.26 Å². The molecule has 88 valence electrons. The maximum absolute atomic E-state index is 10.1. The van der Waals surface area contributed by atoms with Crippen LogP contribution in [0.1, 0.15) is 37.5 Å². The zero-order valence-electron chi connectivity index (χ0n) is 8.96. The van der Waals surface area contributed by atoms with Crippen molar-refractivity contribution in [1.29, 1.82) is 0 Å². The number of carbonyl (C=O) groups excluding carboxylic acids is 1. The number of unbranched alkanes of at least 4 members (excludes halogenated alkanes) is 1. The number of carbonyl (C=O) groups is 1. The highest BCUT2D eigenvalue weighted by molar-refractivity contribution is 5.64. The Bertz CT molecular complexity index is 327. The van der Waals surface area contributed by atoms with Gasteiger partial charge in [-0.15, -0.1) is 0 Å². The van der Waals surface area contributed by atoms with Crippen molar-refractivity contribution in [3.05, 3.63) is 36.3 Å². The van der Waals surface area contributed by atoms with E-state index in [-0.39, 0.29) is 6.42 Å². The van der Waals surface area contributed by atoms with Crippen molar-refractivity contribution >= 4 is 5.97 Å². The van der Waals surface area contributed by atoms with Crippen molar-refractivity contribution in [2.24, 2.45) is 0 Å². The molecule has 1 atom stereocenters.